The number of imidazole rings is 1. The van der Waals surface area contributed by atoms with Gasteiger partial charge in [-0.25, -0.2) is 28.5 Å². The van der Waals surface area contributed by atoms with Gasteiger partial charge in [0.05, 0.1) is 23.9 Å². The number of carbonyl (C=O) groups is 1. The Kier molecular flexibility index (Phi) is 5.00. The van der Waals surface area contributed by atoms with Crippen LogP contribution >= 0.6 is 0 Å². The number of alkyl halides is 2. The van der Waals surface area contributed by atoms with E-state index in [2.05, 4.69) is 25.3 Å². The van der Waals surface area contributed by atoms with Crippen molar-refractivity contribution >= 4 is 28.7 Å². The minimum atomic E-state index is -2.54. The second-order valence-electron chi connectivity index (χ2n) is 9.41. The molecule has 5 heterocycles. The summed E-state index contributed by atoms with van der Waals surface area (Å²) in [6.07, 6.45) is 2.97. The molecule has 2 unspecified atom stereocenters. The zero-order valence-electron chi connectivity index (χ0n) is 19.9. The van der Waals surface area contributed by atoms with Gasteiger partial charge in [-0.1, -0.05) is 6.07 Å². The molecule has 0 spiro atoms. The summed E-state index contributed by atoms with van der Waals surface area (Å²) in [4.78, 5) is 54.3. The number of fused-ring (bicyclic) bond motifs is 2. The van der Waals surface area contributed by atoms with Gasteiger partial charge in [0.1, 0.15) is 17.7 Å². The fourth-order valence-corrected chi connectivity index (χ4v) is 4.89. The van der Waals surface area contributed by atoms with Crippen LogP contribution in [0.5, 0.6) is 0 Å². The smallest absolute Gasteiger partial charge is 0.329 e. The van der Waals surface area contributed by atoms with E-state index in [9.17, 15) is 23.2 Å². The van der Waals surface area contributed by atoms with Crippen molar-refractivity contribution in [3.05, 3.63) is 63.7 Å². The number of hydrogen-bond acceptors (Lipinski definition) is 7. The fraction of sp³-hybridized carbons (Fsp3) is 0.333. The molecule has 3 atom stereocenters. The van der Waals surface area contributed by atoms with Gasteiger partial charge in [-0.2, -0.15) is 0 Å². The molecule has 0 aromatic carbocycles. The SMILES string of the molecule is C[C@@H](C(=O)Nc1cccc(-c2ccc(N3CC4C(C3)C4(F)F)nc2)n1)n1cnc2c1c(=O)[nH]c(=O)n2C. The van der Waals surface area contributed by atoms with Crippen molar-refractivity contribution in [2.75, 3.05) is 23.3 Å². The number of halogens is 2. The maximum atomic E-state index is 13.5. The van der Waals surface area contributed by atoms with Crippen LogP contribution in [0.3, 0.4) is 0 Å². The normalized spacial score (nSPS) is 20.6. The molecule has 0 radical (unpaired) electrons. The van der Waals surface area contributed by atoms with Crippen LogP contribution in [0, 0.1) is 11.8 Å². The highest BCUT2D eigenvalue weighted by Crippen LogP contribution is 2.59. The molecular weight excluding hydrogens is 486 g/mol. The lowest BCUT2D eigenvalue weighted by Gasteiger charge is -2.20. The molecule has 1 saturated heterocycles. The molecule has 0 bridgehead atoms. The summed E-state index contributed by atoms with van der Waals surface area (Å²) in [6, 6.07) is 7.91. The standard InChI is InChI=1S/C24H22F2N8O3/c1-12(34-11-28-20-19(34)22(36)31-23(37)32(20)2)21(35)30-17-5-3-4-16(29-17)13-6-7-18(27-8-13)33-9-14-15(10-33)24(14,25)26/h3-8,11-12,14-15H,9-10H2,1-2H3,(H,29,30,35)(H,31,36,37)/t12-,14?,15?/m0/s1. The summed E-state index contributed by atoms with van der Waals surface area (Å²) < 4.78 is 29.5. The molecule has 11 nitrogen and oxygen atoms in total. The molecule has 4 aromatic rings. The van der Waals surface area contributed by atoms with E-state index in [1.807, 2.05) is 11.0 Å². The van der Waals surface area contributed by atoms with E-state index in [1.54, 1.807) is 37.4 Å². The summed E-state index contributed by atoms with van der Waals surface area (Å²) in [6.45, 7) is 2.21. The molecule has 4 aromatic heterocycles. The lowest BCUT2D eigenvalue weighted by molar-refractivity contribution is -0.118. The average Bonchev–Trinajstić information content (AvgIpc) is 3.32. The van der Waals surface area contributed by atoms with Crippen LogP contribution in [0.15, 0.2) is 52.4 Å². The van der Waals surface area contributed by atoms with E-state index in [0.29, 0.717) is 36.0 Å². The second-order valence-corrected chi connectivity index (χ2v) is 9.41. The number of aryl methyl sites for hydroxylation is 1. The Hall–Kier alpha value is -4.42. The van der Waals surface area contributed by atoms with Gasteiger partial charge >= 0.3 is 5.69 Å². The van der Waals surface area contributed by atoms with Gasteiger partial charge in [0.15, 0.2) is 11.2 Å². The number of anilines is 2. The highest BCUT2D eigenvalue weighted by Gasteiger charge is 2.71. The first-order chi connectivity index (χ1) is 17.6. The third kappa shape index (κ3) is 3.69. The first kappa shape index (κ1) is 23.0. The predicted molar refractivity (Wildman–Crippen MR) is 131 cm³/mol. The number of nitrogens with one attached hydrogen (secondary N) is 2. The molecule has 1 amide bonds. The number of amides is 1. The van der Waals surface area contributed by atoms with Crippen molar-refractivity contribution < 1.29 is 13.6 Å². The van der Waals surface area contributed by atoms with Crippen molar-refractivity contribution in [3.8, 4) is 11.3 Å². The zero-order chi connectivity index (χ0) is 26.1. The minimum Gasteiger partial charge on any atom is -0.356 e. The number of aromatic amines is 1. The number of pyridine rings is 2. The fourth-order valence-electron chi connectivity index (χ4n) is 4.89. The van der Waals surface area contributed by atoms with Crippen LogP contribution in [0.4, 0.5) is 20.4 Å². The Morgan fingerprint density at radius 2 is 1.92 bits per heavy atom. The van der Waals surface area contributed by atoms with Crippen LogP contribution in [0.2, 0.25) is 0 Å². The van der Waals surface area contributed by atoms with Crippen LogP contribution in [-0.4, -0.2) is 54.0 Å². The monoisotopic (exact) mass is 508 g/mol. The molecule has 6 rings (SSSR count). The quantitative estimate of drug-likeness (QED) is 0.420. The van der Waals surface area contributed by atoms with Crippen LogP contribution in [-0.2, 0) is 11.8 Å². The predicted octanol–water partition coefficient (Wildman–Crippen LogP) is 1.78. The third-order valence-corrected chi connectivity index (χ3v) is 7.20. The molecule has 1 aliphatic heterocycles. The van der Waals surface area contributed by atoms with Crippen LogP contribution < -0.4 is 21.5 Å². The van der Waals surface area contributed by atoms with E-state index in [4.69, 9.17) is 0 Å². The average molecular weight is 508 g/mol. The minimum absolute atomic E-state index is 0.108. The summed E-state index contributed by atoms with van der Waals surface area (Å²) in [7, 11) is 1.48. The molecule has 1 aliphatic carbocycles. The van der Waals surface area contributed by atoms with E-state index >= 15 is 0 Å². The van der Waals surface area contributed by atoms with Gasteiger partial charge in [-0.15, -0.1) is 0 Å². The van der Waals surface area contributed by atoms with Crippen molar-refractivity contribution in [1.29, 1.82) is 0 Å². The van der Waals surface area contributed by atoms with Crippen molar-refractivity contribution in [2.45, 2.75) is 18.9 Å². The van der Waals surface area contributed by atoms with Gasteiger partial charge in [0.2, 0.25) is 5.91 Å². The maximum absolute atomic E-state index is 13.5. The topological polar surface area (TPSA) is 131 Å². The molecule has 1 saturated carbocycles. The molecule has 2 N–H and O–H groups in total. The summed E-state index contributed by atoms with van der Waals surface area (Å²) in [5.41, 5.74) is 0.323. The number of aromatic nitrogens is 6. The van der Waals surface area contributed by atoms with Crippen molar-refractivity contribution in [1.82, 2.24) is 29.1 Å². The van der Waals surface area contributed by atoms with E-state index in [0.717, 1.165) is 0 Å². The van der Waals surface area contributed by atoms with Gasteiger partial charge in [-0.05, 0) is 31.2 Å². The second kappa shape index (κ2) is 8.05. The highest BCUT2D eigenvalue weighted by molar-refractivity contribution is 5.93. The number of nitrogens with zero attached hydrogens (tertiary/aromatic N) is 6. The summed E-state index contributed by atoms with van der Waals surface area (Å²) in [5, 5.41) is 2.74. The summed E-state index contributed by atoms with van der Waals surface area (Å²) >= 11 is 0. The first-order valence-electron chi connectivity index (χ1n) is 11.7. The first-order valence-corrected chi connectivity index (χ1v) is 11.7. The van der Waals surface area contributed by atoms with Gasteiger partial charge in [0.25, 0.3) is 11.5 Å². The maximum Gasteiger partial charge on any atom is 0.329 e. The molecular formula is C24H22F2N8O3. The van der Waals surface area contributed by atoms with Crippen molar-refractivity contribution in [3.63, 3.8) is 0 Å². The Labute approximate surface area is 207 Å². The highest BCUT2D eigenvalue weighted by atomic mass is 19.3. The Balaban J connectivity index is 1.18. The van der Waals surface area contributed by atoms with E-state index in [1.165, 1.54) is 22.5 Å². The van der Waals surface area contributed by atoms with Crippen LogP contribution in [0.25, 0.3) is 22.4 Å². The molecule has 190 valence electrons. The van der Waals surface area contributed by atoms with Crippen molar-refractivity contribution in [2.24, 2.45) is 18.9 Å². The number of hydrogen-bond donors (Lipinski definition) is 2. The number of piperidine rings is 1. The van der Waals surface area contributed by atoms with E-state index < -0.39 is 41.0 Å². The number of rotatable bonds is 5. The molecule has 37 heavy (non-hydrogen) atoms. The van der Waals surface area contributed by atoms with Gasteiger partial charge < -0.3 is 14.8 Å². The van der Waals surface area contributed by atoms with Crippen LogP contribution in [0.1, 0.15) is 13.0 Å². The molecule has 2 aliphatic rings. The third-order valence-electron chi connectivity index (χ3n) is 7.20. The Bertz CT molecular complexity index is 1650. The zero-order valence-corrected chi connectivity index (χ0v) is 19.9. The lowest BCUT2D eigenvalue weighted by atomic mass is 10.2. The Morgan fingerprint density at radius 1 is 1.16 bits per heavy atom. The molecule has 2 fully saturated rings. The number of carbonyl (C=O) groups excluding carboxylic acids is 1. The summed E-state index contributed by atoms with van der Waals surface area (Å²) in [5.74, 6) is -3.19. The Morgan fingerprint density at radius 3 is 2.62 bits per heavy atom. The largest absolute Gasteiger partial charge is 0.356 e. The van der Waals surface area contributed by atoms with E-state index in [-0.39, 0.29) is 11.2 Å². The lowest BCUT2D eigenvalue weighted by Crippen LogP contribution is -2.31. The number of H-pyrrole nitrogens is 1. The van der Waals surface area contributed by atoms with Gasteiger partial charge in [0, 0.05) is 31.9 Å². The molecule has 13 heteroatoms. The van der Waals surface area contributed by atoms with Gasteiger partial charge in [-0.3, -0.25) is 19.1 Å².